The number of anilines is 1. The third kappa shape index (κ3) is 4.21. The Morgan fingerprint density at radius 1 is 1.19 bits per heavy atom. The molecule has 1 saturated heterocycles. The lowest BCUT2D eigenvalue weighted by molar-refractivity contribution is -0.114. The van der Waals surface area contributed by atoms with Crippen molar-refractivity contribution in [2.45, 2.75) is 52.0 Å². The van der Waals surface area contributed by atoms with Crippen LogP contribution in [0.2, 0.25) is 0 Å². The first-order chi connectivity index (χ1) is 13.0. The standard InChI is InChI=1S/C23H28N2O2/c1-4-20(18-9-6-5-7-10-18)22-11-8-14-25(22)23(27)19-13-12-16(2)21(15-19)24-17(3)26/h5-7,9-10,12-13,15,20,22H,4,8,11,14H2,1-3H3,(H,24,26). The summed E-state index contributed by atoms with van der Waals surface area (Å²) in [4.78, 5) is 26.7. The summed E-state index contributed by atoms with van der Waals surface area (Å²) >= 11 is 0. The summed E-state index contributed by atoms with van der Waals surface area (Å²) in [5.74, 6) is 0.272. The maximum atomic E-state index is 13.3. The summed E-state index contributed by atoms with van der Waals surface area (Å²) in [5, 5.41) is 2.82. The molecule has 4 heteroatoms. The predicted molar refractivity (Wildman–Crippen MR) is 109 cm³/mol. The number of nitrogens with zero attached hydrogens (tertiary/aromatic N) is 1. The smallest absolute Gasteiger partial charge is 0.254 e. The SMILES string of the molecule is CCC(c1ccccc1)C1CCCN1C(=O)c1ccc(C)c(NC(C)=O)c1. The Labute approximate surface area is 161 Å². The Balaban J connectivity index is 1.86. The highest BCUT2D eigenvalue weighted by atomic mass is 16.2. The fourth-order valence-corrected chi connectivity index (χ4v) is 4.14. The van der Waals surface area contributed by atoms with Crippen molar-refractivity contribution >= 4 is 17.5 Å². The second-order valence-electron chi connectivity index (χ2n) is 7.34. The minimum Gasteiger partial charge on any atom is -0.335 e. The lowest BCUT2D eigenvalue weighted by Crippen LogP contribution is -2.39. The van der Waals surface area contributed by atoms with Crippen LogP contribution in [0.15, 0.2) is 48.5 Å². The van der Waals surface area contributed by atoms with Gasteiger partial charge in [0.1, 0.15) is 0 Å². The van der Waals surface area contributed by atoms with Crippen molar-refractivity contribution in [3.8, 4) is 0 Å². The van der Waals surface area contributed by atoms with E-state index in [-0.39, 0.29) is 17.9 Å². The molecule has 1 aliphatic heterocycles. The van der Waals surface area contributed by atoms with Crippen LogP contribution in [0, 0.1) is 6.92 Å². The zero-order chi connectivity index (χ0) is 19.4. The van der Waals surface area contributed by atoms with Gasteiger partial charge < -0.3 is 10.2 Å². The van der Waals surface area contributed by atoms with E-state index in [9.17, 15) is 9.59 Å². The maximum absolute atomic E-state index is 13.3. The summed E-state index contributed by atoms with van der Waals surface area (Å²) in [6.07, 6.45) is 3.07. The number of nitrogens with one attached hydrogen (secondary N) is 1. The number of carbonyl (C=O) groups is 2. The quantitative estimate of drug-likeness (QED) is 0.832. The van der Waals surface area contributed by atoms with Gasteiger partial charge in [0.05, 0.1) is 0 Å². The van der Waals surface area contributed by atoms with Crippen molar-refractivity contribution in [2.24, 2.45) is 0 Å². The number of aryl methyl sites for hydroxylation is 1. The Bertz CT molecular complexity index is 816. The summed E-state index contributed by atoms with van der Waals surface area (Å²) in [7, 11) is 0. The zero-order valence-electron chi connectivity index (χ0n) is 16.4. The van der Waals surface area contributed by atoms with Crippen LogP contribution < -0.4 is 5.32 Å². The van der Waals surface area contributed by atoms with Gasteiger partial charge in [-0.2, -0.15) is 0 Å². The first-order valence-corrected chi connectivity index (χ1v) is 9.75. The van der Waals surface area contributed by atoms with Crippen LogP contribution in [0.3, 0.4) is 0 Å². The van der Waals surface area contributed by atoms with Crippen LogP contribution in [0.5, 0.6) is 0 Å². The number of amides is 2. The van der Waals surface area contributed by atoms with Crippen LogP contribution >= 0.6 is 0 Å². The summed E-state index contributed by atoms with van der Waals surface area (Å²) in [5.41, 5.74) is 3.60. The highest BCUT2D eigenvalue weighted by Crippen LogP contribution is 2.34. The van der Waals surface area contributed by atoms with Crippen molar-refractivity contribution in [3.05, 3.63) is 65.2 Å². The number of rotatable bonds is 5. The third-order valence-electron chi connectivity index (χ3n) is 5.49. The fraction of sp³-hybridized carbons (Fsp3) is 0.391. The van der Waals surface area contributed by atoms with E-state index in [4.69, 9.17) is 0 Å². The Kier molecular flexibility index (Phi) is 5.94. The Morgan fingerprint density at radius 3 is 2.59 bits per heavy atom. The maximum Gasteiger partial charge on any atom is 0.254 e. The molecule has 2 aromatic rings. The third-order valence-corrected chi connectivity index (χ3v) is 5.49. The molecule has 2 amide bonds. The van der Waals surface area contributed by atoms with E-state index < -0.39 is 0 Å². The van der Waals surface area contributed by atoms with Gasteiger partial charge in [-0.3, -0.25) is 9.59 Å². The molecule has 1 fully saturated rings. The molecule has 4 nitrogen and oxygen atoms in total. The molecule has 0 aliphatic carbocycles. The molecule has 142 valence electrons. The molecule has 3 rings (SSSR count). The number of hydrogen-bond donors (Lipinski definition) is 1. The molecule has 27 heavy (non-hydrogen) atoms. The first kappa shape index (κ1) is 19.2. The molecule has 1 heterocycles. The minimum atomic E-state index is -0.128. The molecule has 0 aromatic heterocycles. The van der Waals surface area contributed by atoms with E-state index in [2.05, 4.69) is 36.5 Å². The topological polar surface area (TPSA) is 49.4 Å². The van der Waals surface area contributed by atoms with Crippen molar-refractivity contribution in [2.75, 3.05) is 11.9 Å². The van der Waals surface area contributed by atoms with Gasteiger partial charge in [0.2, 0.25) is 5.91 Å². The minimum absolute atomic E-state index is 0.0542. The van der Waals surface area contributed by atoms with Crippen LogP contribution in [0.25, 0.3) is 0 Å². The molecule has 0 saturated carbocycles. The average molecular weight is 364 g/mol. The van der Waals surface area contributed by atoms with Crippen molar-refractivity contribution in [1.29, 1.82) is 0 Å². The van der Waals surface area contributed by atoms with E-state index in [0.717, 1.165) is 31.4 Å². The lowest BCUT2D eigenvalue weighted by Gasteiger charge is -2.32. The number of hydrogen-bond acceptors (Lipinski definition) is 2. The summed E-state index contributed by atoms with van der Waals surface area (Å²) in [6.45, 7) is 6.40. The number of likely N-dealkylation sites (tertiary alicyclic amines) is 1. The molecule has 2 atom stereocenters. The molecular formula is C23H28N2O2. The Hall–Kier alpha value is -2.62. The second kappa shape index (κ2) is 8.38. The van der Waals surface area contributed by atoms with Crippen molar-refractivity contribution in [1.82, 2.24) is 4.90 Å². The van der Waals surface area contributed by atoms with E-state index >= 15 is 0 Å². The molecule has 2 unspecified atom stereocenters. The van der Waals surface area contributed by atoms with Gasteiger partial charge in [-0.15, -0.1) is 0 Å². The second-order valence-corrected chi connectivity index (χ2v) is 7.34. The predicted octanol–water partition coefficient (Wildman–Crippen LogP) is 4.75. The van der Waals surface area contributed by atoms with Gasteiger partial charge in [0, 0.05) is 36.7 Å². The number of benzene rings is 2. The van der Waals surface area contributed by atoms with Gasteiger partial charge in [0.15, 0.2) is 0 Å². The number of carbonyl (C=O) groups excluding carboxylic acids is 2. The largest absolute Gasteiger partial charge is 0.335 e. The highest BCUT2D eigenvalue weighted by Gasteiger charge is 2.35. The molecule has 0 bridgehead atoms. The van der Waals surface area contributed by atoms with Gasteiger partial charge in [-0.05, 0) is 49.4 Å². The van der Waals surface area contributed by atoms with Gasteiger partial charge in [0.25, 0.3) is 5.91 Å². The Morgan fingerprint density at radius 2 is 1.93 bits per heavy atom. The van der Waals surface area contributed by atoms with E-state index in [1.807, 2.05) is 30.0 Å². The van der Waals surface area contributed by atoms with Gasteiger partial charge in [-0.1, -0.05) is 43.3 Å². The molecule has 2 aromatic carbocycles. The molecule has 1 N–H and O–H groups in total. The van der Waals surface area contributed by atoms with Crippen LogP contribution in [-0.4, -0.2) is 29.3 Å². The van der Waals surface area contributed by atoms with E-state index in [1.54, 1.807) is 6.07 Å². The fourth-order valence-electron chi connectivity index (χ4n) is 4.14. The van der Waals surface area contributed by atoms with Gasteiger partial charge >= 0.3 is 0 Å². The lowest BCUT2D eigenvalue weighted by atomic mass is 9.87. The molecule has 1 aliphatic rings. The van der Waals surface area contributed by atoms with Gasteiger partial charge in [-0.25, -0.2) is 0 Å². The van der Waals surface area contributed by atoms with Crippen molar-refractivity contribution in [3.63, 3.8) is 0 Å². The van der Waals surface area contributed by atoms with E-state index in [0.29, 0.717) is 17.2 Å². The highest BCUT2D eigenvalue weighted by molar-refractivity contribution is 5.97. The zero-order valence-corrected chi connectivity index (χ0v) is 16.4. The normalized spacial score (nSPS) is 17.6. The monoisotopic (exact) mass is 364 g/mol. The molecular weight excluding hydrogens is 336 g/mol. The van der Waals surface area contributed by atoms with Crippen molar-refractivity contribution < 1.29 is 9.59 Å². The summed E-state index contributed by atoms with van der Waals surface area (Å²) < 4.78 is 0. The van der Waals surface area contributed by atoms with Crippen LogP contribution in [0.1, 0.15) is 60.5 Å². The average Bonchev–Trinajstić information content (AvgIpc) is 3.13. The first-order valence-electron chi connectivity index (χ1n) is 9.75. The molecule has 0 radical (unpaired) electrons. The van der Waals surface area contributed by atoms with Crippen LogP contribution in [0.4, 0.5) is 5.69 Å². The summed E-state index contributed by atoms with van der Waals surface area (Å²) in [6, 6.07) is 16.3. The van der Waals surface area contributed by atoms with Crippen LogP contribution in [-0.2, 0) is 4.79 Å². The van der Waals surface area contributed by atoms with E-state index in [1.165, 1.54) is 12.5 Å². The molecule has 0 spiro atoms.